The lowest BCUT2D eigenvalue weighted by Gasteiger charge is -2.32. The van der Waals surface area contributed by atoms with Crippen molar-refractivity contribution in [2.45, 2.75) is 44.2 Å². The number of benzene rings is 2. The number of nitrogens with one attached hydrogen (secondary N) is 1. The van der Waals surface area contributed by atoms with Crippen LogP contribution in [0.3, 0.4) is 0 Å². The molecule has 2 saturated heterocycles. The zero-order valence-corrected chi connectivity index (χ0v) is 19.9. The second kappa shape index (κ2) is 10.0. The van der Waals surface area contributed by atoms with Crippen LogP contribution in [0.4, 0.5) is 5.69 Å². The van der Waals surface area contributed by atoms with E-state index >= 15 is 0 Å². The standard InChI is InChI=1S/C25H27N3O8/c1-15(29)22-20-11-21(30)25(26-20,24(32)36-13-17-3-7-18(8-4-17)28(33)34)14-27(23(22)31)12-16-5-9-19(35-2)10-6-16/h3-10,15,20,22,26,29H,11-14H2,1-2H3/t15-,20-,22-,25-/m1/s1. The first-order chi connectivity index (χ1) is 17.1. The Hall–Kier alpha value is -3.83. The Balaban J connectivity index is 1.58. The number of ketones is 1. The SMILES string of the molecule is COc1ccc(CN2C[C@@]3(C(=O)OCc4ccc([N+](=O)[O-])cc4)N[C@H](CC3=O)[C@@H]([C@@H](C)O)C2=O)cc1. The number of aliphatic hydroxyl groups excluding tert-OH is 1. The second-order valence-electron chi connectivity index (χ2n) is 9.09. The Bertz CT molecular complexity index is 1160. The highest BCUT2D eigenvalue weighted by Gasteiger charge is 2.60. The smallest absolute Gasteiger partial charge is 0.336 e. The van der Waals surface area contributed by atoms with Gasteiger partial charge >= 0.3 is 5.97 Å². The summed E-state index contributed by atoms with van der Waals surface area (Å²) in [6.45, 7) is 1.14. The molecule has 4 rings (SSSR count). The van der Waals surface area contributed by atoms with Gasteiger partial charge in [0.15, 0.2) is 11.3 Å². The number of non-ortho nitro benzene ring substituents is 1. The molecule has 0 spiro atoms. The maximum absolute atomic E-state index is 13.4. The molecule has 2 heterocycles. The minimum absolute atomic E-state index is 0.0929. The summed E-state index contributed by atoms with van der Waals surface area (Å²) in [5.41, 5.74) is -0.612. The van der Waals surface area contributed by atoms with Gasteiger partial charge < -0.3 is 19.5 Å². The van der Waals surface area contributed by atoms with Crippen LogP contribution in [-0.4, -0.2) is 63.9 Å². The lowest BCUT2D eigenvalue weighted by molar-refractivity contribution is -0.384. The number of hydrogen-bond acceptors (Lipinski definition) is 9. The van der Waals surface area contributed by atoms with Crippen LogP contribution < -0.4 is 10.1 Å². The van der Waals surface area contributed by atoms with E-state index in [9.17, 15) is 29.6 Å². The van der Waals surface area contributed by atoms with Gasteiger partial charge in [0.1, 0.15) is 12.4 Å². The number of aliphatic hydroxyl groups is 1. The molecule has 2 N–H and O–H groups in total. The molecule has 2 aromatic carbocycles. The van der Waals surface area contributed by atoms with Crippen LogP contribution in [0, 0.1) is 16.0 Å². The van der Waals surface area contributed by atoms with Crippen molar-refractivity contribution in [2.24, 2.45) is 5.92 Å². The maximum Gasteiger partial charge on any atom is 0.336 e. The molecule has 2 aliphatic rings. The number of esters is 1. The molecule has 0 aromatic heterocycles. The molecule has 2 bridgehead atoms. The van der Waals surface area contributed by atoms with E-state index in [1.54, 1.807) is 31.4 Å². The summed E-state index contributed by atoms with van der Waals surface area (Å²) in [5.74, 6) is -1.90. The van der Waals surface area contributed by atoms with Gasteiger partial charge in [-0.25, -0.2) is 4.79 Å². The third-order valence-corrected chi connectivity index (χ3v) is 6.69. The highest BCUT2D eigenvalue weighted by atomic mass is 16.6. The van der Waals surface area contributed by atoms with Gasteiger partial charge in [-0.2, -0.15) is 0 Å². The lowest BCUT2D eigenvalue weighted by Crippen LogP contribution is -2.60. The predicted octanol–water partition coefficient (Wildman–Crippen LogP) is 1.36. The van der Waals surface area contributed by atoms with Gasteiger partial charge in [-0.1, -0.05) is 12.1 Å². The van der Waals surface area contributed by atoms with Crippen LogP contribution in [0.1, 0.15) is 24.5 Å². The van der Waals surface area contributed by atoms with Gasteiger partial charge in [0.2, 0.25) is 5.91 Å². The van der Waals surface area contributed by atoms with Crippen molar-refractivity contribution in [3.63, 3.8) is 0 Å². The number of hydrogen-bond donors (Lipinski definition) is 2. The molecule has 0 radical (unpaired) electrons. The summed E-state index contributed by atoms with van der Waals surface area (Å²) < 4.78 is 10.6. The number of nitro benzene ring substituents is 1. The Morgan fingerprint density at radius 2 is 1.83 bits per heavy atom. The molecular formula is C25H27N3O8. The van der Waals surface area contributed by atoms with Crippen LogP contribution in [0.5, 0.6) is 5.75 Å². The third-order valence-electron chi connectivity index (χ3n) is 6.69. The maximum atomic E-state index is 13.4. The van der Waals surface area contributed by atoms with Gasteiger partial charge in [-0.05, 0) is 42.3 Å². The van der Waals surface area contributed by atoms with Crippen molar-refractivity contribution in [1.29, 1.82) is 0 Å². The molecule has 2 aromatic rings. The Morgan fingerprint density at radius 1 is 1.19 bits per heavy atom. The zero-order chi connectivity index (χ0) is 26.0. The van der Waals surface area contributed by atoms with E-state index in [0.717, 1.165) is 5.56 Å². The fourth-order valence-corrected chi connectivity index (χ4v) is 4.77. The van der Waals surface area contributed by atoms with Crippen LogP contribution in [0.2, 0.25) is 0 Å². The molecule has 190 valence electrons. The van der Waals surface area contributed by atoms with E-state index in [2.05, 4.69) is 5.32 Å². The summed E-state index contributed by atoms with van der Waals surface area (Å²) in [7, 11) is 1.54. The van der Waals surface area contributed by atoms with Crippen molar-refractivity contribution in [1.82, 2.24) is 10.2 Å². The number of likely N-dealkylation sites (tertiary alicyclic amines) is 1. The van der Waals surface area contributed by atoms with Crippen molar-refractivity contribution >= 4 is 23.3 Å². The van der Waals surface area contributed by atoms with E-state index in [1.807, 2.05) is 0 Å². The predicted molar refractivity (Wildman–Crippen MR) is 126 cm³/mol. The third kappa shape index (κ3) is 4.79. The minimum Gasteiger partial charge on any atom is -0.497 e. The van der Waals surface area contributed by atoms with Crippen molar-refractivity contribution in [2.75, 3.05) is 13.7 Å². The number of carbonyl (C=O) groups excluding carboxylic acids is 3. The summed E-state index contributed by atoms with van der Waals surface area (Å²) >= 11 is 0. The number of carbonyl (C=O) groups is 3. The van der Waals surface area contributed by atoms with E-state index in [0.29, 0.717) is 11.3 Å². The summed E-state index contributed by atoms with van der Waals surface area (Å²) in [5, 5.41) is 24.3. The van der Waals surface area contributed by atoms with Crippen LogP contribution in [0.15, 0.2) is 48.5 Å². The van der Waals surface area contributed by atoms with Crippen molar-refractivity contribution in [3.8, 4) is 5.75 Å². The fourth-order valence-electron chi connectivity index (χ4n) is 4.77. The van der Waals surface area contributed by atoms with E-state index in [1.165, 1.54) is 36.1 Å². The summed E-state index contributed by atoms with van der Waals surface area (Å²) in [4.78, 5) is 51.7. The van der Waals surface area contributed by atoms with Gasteiger partial charge in [-0.3, -0.25) is 25.0 Å². The number of methoxy groups -OCH3 is 1. The largest absolute Gasteiger partial charge is 0.497 e. The van der Waals surface area contributed by atoms with Gasteiger partial charge in [-0.15, -0.1) is 0 Å². The molecule has 0 aliphatic carbocycles. The number of fused-ring (bicyclic) bond motifs is 2. The number of ether oxygens (including phenoxy) is 2. The van der Waals surface area contributed by atoms with Gasteiger partial charge in [0.05, 0.1) is 30.6 Å². The fraction of sp³-hybridized carbons (Fsp3) is 0.400. The van der Waals surface area contributed by atoms with Crippen LogP contribution in [0.25, 0.3) is 0 Å². The molecule has 2 aliphatic heterocycles. The molecule has 11 heteroatoms. The lowest BCUT2D eigenvalue weighted by atomic mass is 9.88. The van der Waals surface area contributed by atoms with E-state index in [4.69, 9.17) is 9.47 Å². The van der Waals surface area contributed by atoms with E-state index in [-0.39, 0.29) is 37.7 Å². The Morgan fingerprint density at radius 3 is 2.42 bits per heavy atom. The summed E-state index contributed by atoms with van der Waals surface area (Å²) in [6, 6.07) is 11.8. The molecule has 0 saturated carbocycles. The second-order valence-corrected chi connectivity index (χ2v) is 9.09. The van der Waals surface area contributed by atoms with Gasteiger partial charge in [0.25, 0.3) is 5.69 Å². The molecular weight excluding hydrogens is 470 g/mol. The number of rotatable bonds is 8. The average molecular weight is 498 g/mol. The quantitative estimate of drug-likeness (QED) is 0.239. The van der Waals surface area contributed by atoms with E-state index < -0.39 is 40.3 Å². The average Bonchev–Trinajstić information content (AvgIpc) is 3.11. The molecule has 2 fully saturated rings. The highest BCUT2D eigenvalue weighted by molar-refractivity contribution is 6.12. The van der Waals surface area contributed by atoms with Crippen LogP contribution >= 0.6 is 0 Å². The monoisotopic (exact) mass is 497 g/mol. The Kier molecular flexibility index (Phi) is 7.04. The molecule has 11 nitrogen and oxygen atoms in total. The molecule has 36 heavy (non-hydrogen) atoms. The first-order valence-corrected chi connectivity index (χ1v) is 11.5. The molecule has 4 atom stereocenters. The van der Waals surface area contributed by atoms with Crippen molar-refractivity contribution < 1.29 is 33.9 Å². The number of Topliss-reactive ketones (excluding diaryl/α,β-unsaturated/α-hetero) is 1. The van der Waals surface area contributed by atoms with Crippen molar-refractivity contribution in [3.05, 3.63) is 69.8 Å². The topological polar surface area (TPSA) is 148 Å². The summed E-state index contributed by atoms with van der Waals surface area (Å²) in [6.07, 6.45) is -1.14. The molecule has 1 amide bonds. The highest BCUT2D eigenvalue weighted by Crippen LogP contribution is 2.34. The van der Waals surface area contributed by atoms with Gasteiger partial charge in [0, 0.05) is 31.1 Å². The first-order valence-electron chi connectivity index (χ1n) is 11.5. The number of amides is 1. The molecule has 0 unspecified atom stereocenters. The number of nitrogens with zero attached hydrogens (tertiary/aromatic N) is 2. The zero-order valence-electron chi connectivity index (χ0n) is 19.9. The Labute approximate surface area is 207 Å². The van der Waals surface area contributed by atoms with Crippen LogP contribution in [-0.2, 0) is 32.3 Å². The normalized spacial score (nSPS) is 24.2. The number of nitro groups is 1. The first kappa shape index (κ1) is 25.3. The minimum atomic E-state index is -1.78.